The molecule has 0 aromatic rings. The molecule has 0 spiro atoms. The van der Waals surface area contributed by atoms with E-state index in [4.69, 9.17) is 4.74 Å². The molecule has 0 unspecified atom stereocenters. The van der Waals surface area contributed by atoms with Crippen molar-refractivity contribution in [3.05, 3.63) is 0 Å². The monoisotopic (exact) mass is 169 g/mol. The van der Waals surface area contributed by atoms with Gasteiger partial charge in [-0.05, 0) is 32.6 Å². The average Bonchev–Trinajstić information content (AvgIpc) is 2.55. The average molecular weight is 169 g/mol. The van der Waals surface area contributed by atoms with Gasteiger partial charge in [0.15, 0.2) is 0 Å². The van der Waals surface area contributed by atoms with E-state index in [0.717, 1.165) is 25.7 Å². The zero-order valence-electron chi connectivity index (χ0n) is 7.67. The number of hydrogen-bond donors (Lipinski definition) is 0. The fourth-order valence-electron chi connectivity index (χ4n) is 2.63. The maximum Gasteiger partial charge on any atom is 0.410 e. The lowest BCUT2D eigenvalue weighted by molar-refractivity contribution is 0.0964. The van der Waals surface area contributed by atoms with Crippen molar-refractivity contribution in [2.24, 2.45) is 0 Å². The van der Waals surface area contributed by atoms with Crippen molar-refractivity contribution in [2.75, 3.05) is 7.11 Å². The van der Waals surface area contributed by atoms with Crippen LogP contribution in [0, 0.1) is 0 Å². The van der Waals surface area contributed by atoms with Gasteiger partial charge in [-0.15, -0.1) is 0 Å². The van der Waals surface area contributed by atoms with Gasteiger partial charge in [0, 0.05) is 11.6 Å². The Hall–Kier alpha value is -0.730. The van der Waals surface area contributed by atoms with E-state index in [9.17, 15) is 4.79 Å². The smallest absolute Gasteiger partial charge is 0.410 e. The van der Waals surface area contributed by atoms with Crippen LogP contribution in [-0.2, 0) is 4.74 Å². The number of ether oxygens (including phenoxy) is 1. The van der Waals surface area contributed by atoms with Crippen LogP contribution < -0.4 is 0 Å². The summed E-state index contributed by atoms with van der Waals surface area (Å²) in [6, 6.07) is 0.461. The second-order valence-electron chi connectivity index (χ2n) is 4.07. The van der Waals surface area contributed by atoms with E-state index in [0.29, 0.717) is 6.04 Å². The molecule has 0 aliphatic carbocycles. The summed E-state index contributed by atoms with van der Waals surface area (Å²) in [7, 11) is 1.46. The van der Waals surface area contributed by atoms with Crippen LogP contribution in [0.5, 0.6) is 0 Å². The molecule has 0 aromatic carbocycles. The number of fused-ring (bicyclic) bond motifs is 2. The maximum absolute atomic E-state index is 11.4. The van der Waals surface area contributed by atoms with Crippen molar-refractivity contribution in [1.82, 2.24) is 4.90 Å². The van der Waals surface area contributed by atoms with Crippen LogP contribution in [0.4, 0.5) is 4.79 Å². The molecule has 2 fully saturated rings. The Morgan fingerprint density at radius 1 is 1.50 bits per heavy atom. The summed E-state index contributed by atoms with van der Waals surface area (Å²) in [5.41, 5.74) is 0.109. The lowest BCUT2D eigenvalue weighted by Crippen LogP contribution is -2.42. The van der Waals surface area contributed by atoms with Crippen molar-refractivity contribution in [1.29, 1.82) is 0 Å². The SMILES string of the molecule is COC(=O)N1C2CCC1(C)CC2. The van der Waals surface area contributed by atoms with Gasteiger partial charge in [0.1, 0.15) is 0 Å². The Labute approximate surface area is 72.7 Å². The number of nitrogens with zero attached hydrogens (tertiary/aromatic N) is 1. The molecular weight excluding hydrogens is 154 g/mol. The largest absolute Gasteiger partial charge is 0.453 e. The molecule has 0 saturated carbocycles. The van der Waals surface area contributed by atoms with E-state index in [1.165, 1.54) is 7.11 Å². The van der Waals surface area contributed by atoms with Crippen molar-refractivity contribution >= 4 is 6.09 Å². The van der Waals surface area contributed by atoms with Gasteiger partial charge in [-0.25, -0.2) is 4.79 Å². The van der Waals surface area contributed by atoms with Crippen molar-refractivity contribution in [2.45, 2.75) is 44.2 Å². The van der Waals surface area contributed by atoms with Crippen LogP contribution in [-0.4, -0.2) is 29.7 Å². The first kappa shape index (κ1) is 7.90. The molecule has 2 aliphatic rings. The summed E-state index contributed by atoms with van der Waals surface area (Å²) in [5, 5.41) is 0. The van der Waals surface area contributed by atoms with Crippen LogP contribution in [0.3, 0.4) is 0 Å². The minimum atomic E-state index is -0.141. The van der Waals surface area contributed by atoms with Crippen molar-refractivity contribution in [3.8, 4) is 0 Å². The molecule has 12 heavy (non-hydrogen) atoms. The van der Waals surface area contributed by atoms with Crippen LogP contribution >= 0.6 is 0 Å². The van der Waals surface area contributed by atoms with Crippen LogP contribution in [0.15, 0.2) is 0 Å². The molecule has 68 valence electrons. The maximum atomic E-state index is 11.4. The number of carbonyl (C=O) groups excluding carboxylic acids is 1. The lowest BCUT2D eigenvalue weighted by atomic mass is 9.90. The van der Waals surface area contributed by atoms with Gasteiger partial charge in [-0.1, -0.05) is 0 Å². The van der Waals surface area contributed by atoms with Gasteiger partial charge < -0.3 is 4.74 Å². The first-order valence-corrected chi connectivity index (χ1v) is 4.55. The molecule has 0 aromatic heterocycles. The van der Waals surface area contributed by atoms with Gasteiger partial charge >= 0.3 is 6.09 Å². The second kappa shape index (κ2) is 2.38. The summed E-state index contributed by atoms with van der Waals surface area (Å²) < 4.78 is 4.77. The first-order valence-electron chi connectivity index (χ1n) is 4.55. The molecule has 2 aliphatic heterocycles. The molecule has 2 rings (SSSR count). The molecule has 1 amide bonds. The van der Waals surface area contributed by atoms with Crippen LogP contribution in [0.25, 0.3) is 0 Å². The fraction of sp³-hybridized carbons (Fsp3) is 0.889. The molecule has 2 bridgehead atoms. The number of hydrogen-bond acceptors (Lipinski definition) is 2. The molecule has 0 radical (unpaired) electrons. The highest BCUT2D eigenvalue weighted by Crippen LogP contribution is 2.46. The van der Waals surface area contributed by atoms with Gasteiger partial charge in [-0.2, -0.15) is 0 Å². The summed E-state index contributed by atoms with van der Waals surface area (Å²) in [6.07, 6.45) is 4.47. The predicted octanol–water partition coefficient (Wildman–Crippen LogP) is 1.77. The highest BCUT2D eigenvalue weighted by Gasteiger charge is 2.51. The predicted molar refractivity (Wildman–Crippen MR) is 44.9 cm³/mol. The summed E-state index contributed by atoms with van der Waals surface area (Å²) >= 11 is 0. The molecule has 3 nitrogen and oxygen atoms in total. The highest BCUT2D eigenvalue weighted by atomic mass is 16.5. The Morgan fingerprint density at radius 3 is 2.42 bits per heavy atom. The third-order valence-electron chi connectivity index (χ3n) is 3.35. The number of rotatable bonds is 0. The molecule has 2 saturated heterocycles. The molecule has 0 atom stereocenters. The van der Waals surface area contributed by atoms with Gasteiger partial charge in [0.25, 0.3) is 0 Å². The number of methoxy groups -OCH3 is 1. The summed E-state index contributed by atoms with van der Waals surface area (Å²) in [4.78, 5) is 13.3. The Balaban J connectivity index is 2.21. The van der Waals surface area contributed by atoms with Crippen LogP contribution in [0.2, 0.25) is 0 Å². The van der Waals surface area contributed by atoms with E-state index < -0.39 is 0 Å². The Bertz CT molecular complexity index is 207. The Morgan fingerprint density at radius 2 is 2.08 bits per heavy atom. The van der Waals surface area contributed by atoms with Gasteiger partial charge in [0.05, 0.1) is 7.11 Å². The van der Waals surface area contributed by atoms with E-state index in [-0.39, 0.29) is 11.6 Å². The number of carbonyl (C=O) groups is 1. The van der Waals surface area contributed by atoms with E-state index in [2.05, 4.69) is 6.92 Å². The quantitative estimate of drug-likeness (QED) is 0.553. The van der Waals surface area contributed by atoms with E-state index >= 15 is 0 Å². The molecular formula is C9H15NO2. The van der Waals surface area contributed by atoms with Gasteiger partial charge in [0.2, 0.25) is 0 Å². The zero-order chi connectivity index (χ0) is 8.77. The van der Waals surface area contributed by atoms with Crippen molar-refractivity contribution in [3.63, 3.8) is 0 Å². The summed E-state index contributed by atoms with van der Waals surface area (Å²) in [5.74, 6) is 0. The lowest BCUT2D eigenvalue weighted by Gasteiger charge is -2.29. The highest BCUT2D eigenvalue weighted by molar-refractivity contribution is 5.70. The molecule has 2 heterocycles. The molecule has 0 N–H and O–H groups in total. The zero-order valence-corrected chi connectivity index (χ0v) is 7.67. The van der Waals surface area contributed by atoms with Crippen LogP contribution in [0.1, 0.15) is 32.6 Å². The number of amides is 1. The second-order valence-corrected chi connectivity index (χ2v) is 4.07. The fourth-order valence-corrected chi connectivity index (χ4v) is 2.63. The van der Waals surface area contributed by atoms with E-state index in [1.807, 2.05) is 4.90 Å². The van der Waals surface area contributed by atoms with Gasteiger partial charge in [-0.3, -0.25) is 4.90 Å². The standard InChI is InChI=1S/C9H15NO2/c1-9-5-3-7(4-6-9)10(9)8(11)12-2/h7H,3-6H2,1-2H3. The van der Waals surface area contributed by atoms with E-state index in [1.54, 1.807) is 0 Å². The molecule has 3 heteroatoms. The first-order chi connectivity index (χ1) is 5.67. The summed E-state index contributed by atoms with van der Waals surface area (Å²) in [6.45, 7) is 2.16. The topological polar surface area (TPSA) is 29.5 Å². The minimum Gasteiger partial charge on any atom is -0.453 e. The normalized spacial score (nSPS) is 38.8. The third kappa shape index (κ3) is 0.853. The Kier molecular flexibility index (Phi) is 1.56. The van der Waals surface area contributed by atoms with Crippen molar-refractivity contribution < 1.29 is 9.53 Å². The minimum absolute atomic E-state index is 0.109. The third-order valence-corrected chi connectivity index (χ3v) is 3.35.